The molecular weight excluding hydrogens is 705 g/mol. The van der Waals surface area contributed by atoms with Gasteiger partial charge in [-0.1, -0.05) is 72.8 Å². The molecule has 4 aliphatic rings. The van der Waals surface area contributed by atoms with E-state index in [0.29, 0.717) is 0 Å². The number of fused-ring (bicyclic) bond motifs is 4. The molecule has 1 aliphatic carbocycles. The first kappa shape index (κ1) is 31.2. The van der Waals surface area contributed by atoms with Crippen molar-refractivity contribution in [3.8, 4) is 0 Å². The number of hydrogen-bond donors (Lipinski definition) is 3. The Morgan fingerprint density at radius 2 is 1.54 bits per heavy atom. The zero-order valence-electron chi connectivity index (χ0n) is 24.8. The molecule has 46 heavy (non-hydrogen) atoms. The number of nitrogens with one attached hydrogen (secondary N) is 2. The summed E-state index contributed by atoms with van der Waals surface area (Å²) in [5, 5.41) is 16.1. The third-order valence-corrected chi connectivity index (χ3v) is 9.93. The molecule has 3 N–H and O–H groups in total. The standard InChI is InChI=1S/C34H34IN3O8/c35-24-13-11-21(12-14-24)20-38-29-31(41)43-25-19-33(29,32(42)37-16-15-26(40)36-17-18-39)30(46-38)28-27(25)44-34(45-28,22-7-3-1-4-8-22)23-9-5-2-6-10-23/h1-14,25,27-30,39H,15-20H2,(H,36,40)(H,37,42)/t25-,27+,28+,29+,30-,33+/m1/s1. The van der Waals surface area contributed by atoms with Crippen LogP contribution in [0.5, 0.6) is 0 Å². The van der Waals surface area contributed by atoms with Gasteiger partial charge < -0.3 is 30.0 Å². The largest absolute Gasteiger partial charge is 0.458 e. The van der Waals surface area contributed by atoms with Crippen LogP contribution < -0.4 is 10.6 Å². The molecule has 11 nitrogen and oxygen atoms in total. The molecule has 240 valence electrons. The second kappa shape index (κ2) is 12.7. The number of hydrogen-bond acceptors (Lipinski definition) is 9. The van der Waals surface area contributed by atoms with Gasteiger partial charge in [-0.05, 0) is 40.3 Å². The lowest BCUT2D eigenvalue weighted by Gasteiger charge is -2.48. The first-order chi connectivity index (χ1) is 22.4. The van der Waals surface area contributed by atoms with Crippen LogP contribution in [-0.2, 0) is 45.8 Å². The van der Waals surface area contributed by atoms with E-state index in [1.807, 2.05) is 84.9 Å². The number of benzene rings is 3. The maximum Gasteiger partial charge on any atom is 0.327 e. The monoisotopic (exact) mass is 739 g/mol. The van der Waals surface area contributed by atoms with E-state index in [2.05, 4.69) is 33.2 Å². The molecule has 4 fully saturated rings. The Kier molecular flexibility index (Phi) is 8.59. The van der Waals surface area contributed by atoms with Crippen LogP contribution in [0.4, 0.5) is 0 Å². The second-order valence-electron chi connectivity index (χ2n) is 11.9. The summed E-state index contributed by atoms with van der Waals surface area (Å²) in [6.45, 7) is 0.218. The van der Waals surface area contributed by atoms with E-state index in [0.717, 1.165) is 20.3 Å². The number of aliphatic hydroxyl groups is 1. The topological polar surface area (TPSA) is 136 Å². The molecule has 0 spiro atoms. The van der Waals surface area contributed by atoms with Gasteiger partial charge in [-0.2, -0.15) is 5.06 Å². The van der Waals surface area contributed by atoms with Crippen molar-refractivity contribution in [2.45, 2.75) is 55.6 Å². The fourth-order valence-electron chi connectivity index (χ4n) is 7.20. The number of carbonyl (C=O) groups excluding carboxylic acids is 3. The number of nitrogens with zero attached hydrogens (tertiary/aromatic N) is 1. The van der Waals surface area contributed by atoms with E-state index in [1.54, 1.807) is 5.06 Å². The third-order valence-electron chi connectivity index (χ3n) is 9.21. The van der Waals surface area contributed by atoms with Crippen molar-refractivity contribution in [2.24, 2.45) is 5.41 Å². The van der Waals surface area contributed by atoms with Crippen LogP contribution in [0.2, 0.25) is 0 Å². The Morgan fingerprint density at radius 1 is 0.891 bits per heavy atom. The highest BCUT2D eigenvalue weighted by Gasteiger charge is 2.76. The van der Waals surface area contributed by atoms with Crippen LogP contribution >= 0.6 is 22.6 Å². The molecule has 7 rings (SSSR count). The number of esters is 1. The summed E-state index contributed by atoms with van der Waals surface area (Å²) < 4.78 is 21.0. The Hall–Kier alpha value is -3.40. The minimum absolute atomic E-state index is 0.00897. The van der Waals surface area contributed by atoms with Gasteiger partial charge >= 0.3 is 5.97 Å². The zero-order chi connectivity index (χ0) is 31.9. The number of halogens is 1. The number of ether oxygens (including phenoxy) is 3. The van der Waals surface area contributed by atoms with Gasteiger partial charge in [-0.3, -0.25) is 19.2 Å². The summed E-state index contributed by atoms with van der Waals surface area (Å²) in [5.74, 6) is -2.63. The van der Waals surface area contributed by atoms with Crippen molar-refractivity contribution in [1.82, 2.24) is 15.7 Å². The molecule has 6 atom stereocenters. The van der Waals surface area contributed by atoms with Gasteiger partial charge in [0.1, 0.15) is 29.8 Å². The molecule has 3 aromatic rings. The minimum Gasteiger partial charge on any atom is -0.458 e. The Bertz CT molecular complexity index is 1550. The van der Waals surface area contributed by atoms with Crippen molar-refractivity contribution in [2.75, 3.05) is 19.7 Å². The molecule has 3 heterocycles. The average Bonchev–Trinajstić information content (AvgIpc) is 3.65. The second-order valence-corrected chi connectivity index (χ2v) is 13.2. The van der Waals surface area contributed by atoms with Gasteiger partial charge in [0.05, 0.1) is 13.2 Å². The maximum absolute atomic E-state index is 14.4. The maximum atomic E-state index is 14.4. The number of hydroxylamine groups is 2. The molecule has 2 amide bonds. The fraction of sp³-hybridized carbons (Fsp3) is 0.382. The summed E-state index contributed by atoms with van der Waals surface area (Å²) in [4.78, 5) is 47.1. The SMILES string of the molecule is O=C(CCNC(=O)[C@@]12C[C@H]3OC(=O)[C@@H]1N(Cc1ccc(I)cc1)O[C@@H]2[C@H]1OC(c2ccccc2)(c2ccccc2)O[C@H]13)NCCO. The normalized spacial score (nSPS) is 29.1. The lowest BCUT2D eigenvalue weighted by Crippen LogP contribution is -2.69. The number of rotatable bonds is 10. The van der Waals surface area contributed by atoms with Crippen molar-refractivity contribution in [1.29, 1.82) is 0 Å². The van der Waals surface area contributed by atoms with Crippen LogP contribution in [0.25, 0.3) is 0 Å². The molecule has 3 aromatic carbocycles. The van der Waals surface area contributed by atoms with E-state index in [9.17, 15) is 14.4 Å². The quantitative estimate of drug-likeness (QED) is 0.212. The van der Waals surface area contributed by atoms with Gasteiger partial charge in [0.15, 0.2) is 6.04 Å². The zero-order valence-corrected chi connectivity index (χ0v) is 27.0. The Labute approximate surface area is 279 Å². The first-order valence-electron chi connectivity index (χ1n) is 15.4. The molecule has 3 saturated heterocycles. The van der Waals surface area contributed by atoms with E-state index in [-0.39, 0.29) is 45.0 Å². The van der Waals surface area contributed by atoms with Crippen molar-refractivity contribution in [3.05, 3.63) is 105 Å². The summed E-state index contributed by atoms with van der Waals surface area (Å²) in [5.41, 5.74) is 1.04. The third kappa shape index (κ3) is 5.30. The molecule has 0 aromatic heterocycles. The Morgan fingerprint density at radius 3 is 2.20 bits per heavy atom. The van der Waals surface area contributed by atoms with Crippen LogP contribution in [0, 0.1) is 8.99 Å². The highest BCUT2D eigenvalue weighted by atomic mass is 127. The molecule has 12 heteroatoms. The first-order valence-corrected chi connectivity index (χ1v) is 16.4. The van der Waals surface area contributed by atoms with Crippen LogP contribution in [-0.4, -0.2) is 78.1 Å². The summed E-state index contributed by atoms with van der Waals surface area (Å²) in [6.07, 6.45) is -3.01. The predicted molar refractivity (Wildman–Crippen MR) is 171 cm³/mol. The number of amides is 2. The molecule has 2 bridgehead atoms. The lowest BCUT2D eigenvalue weighted by atomic mass is 9.62. The van der Waals surface area contributed by atoms with E-state index in [1.165, 1.54) is 0 Å². The fourth-order valence-corrected chi connectivity index (χ4v) is 7.56. The highest BCUT2D eigenvalue weighted by molar-refractivity contribution is 14.1. The molecule has 3 aliphatic heterocycles. The average molecular weight is 740 g/mol. The predicted octanol–water partition coefficient (Wildman–Crippen LogP) is 2.39. The number of aliphatic hydroxyl groups excluding tert-OH is 1. The van der Waals surface area contributed by atoms with Crippen LogP contribution in [0.1, 0.15) is 29.5 Å². The minimum atomic E-state index is -1.38. The molecule has 0 unspecified atom stereocenters. The molecule has 0 radical (unpaired) electrons. The summed E-state index contributed by atoms with van der Waals surface area (Å²) in [6, 6.07) is 25.9. The van der Waals surface area contributed by atoms with Crippen molar-refractivity contribution >= 4 is 40.4 Å². The van der Waals surface area contributed by atoms with Crippen LogP contribution in [0.15, 0.2) is 84.9 Å². The van der Waals surface area contributed by atoms with E-state index in [4.69, 9.17) is 24.2 Å². The highest BCUT2D eigenvalue weighted by Crippen LogP contribution is 2.59. The smallest absolute Gasteiger partial charge is 0.327 e. The van der Waals surface area contributed by atoms with Crippen LogP contribution in [0.3, 0.4) is 0 Å². The lowest BCUT2D eigenvalue weighted by molar-refractivity contribution is -0.213. The van der Waals surface area contributed by atoms with Gasteiger partial charge in [0, 0.05) is 40.6 Å². The van der Waals surface area contributed by atoms with Gasteiger partial charge in [-0.15, -0.1) is 0 Å². The number of carbonyl (C=O) groups is 3. The van der Waals surface area contributed by atoms with Crippen molar-refractivity contribution in [3.63, 3.8) is 0 Å². The summed E-state index contributed by atoms with van der Waals surface area (Å²) in [7, 11) is 0. The van der Waals surface area contributed by atoms with E-state index < -0.39 is 53.5 Å². The molecular formula is C34H34IN3O8. The van der Waals surface area contributed by atoms with E-state index >= 15 is 0 Å². The van der Waals surface area contributed by atoms with Gasteiger partial charge in [-0.25, -0.2) is 0 Å². The summed E-state index contributed by atoms with van der Waals surface area (Å²) >= 11 is 2.23. The van der Waals surface area contributed by atoms with Gasteiger partial charge in [0.25, 0.3) is 0 Å². The van der Waals surface area contributed by atoms with Gasteiger partial charge in [0.2, 0.25) is 17.6 Å². The van der Waals surface area contributed by atoms with Crippen molar-refractivity contribution < 1.29 is 38.5 Å². The Balaban J connectivity index is 1.27. The molecule has 1 saturated carbocycles.